The third-order valence-corrected chi connectivity index (χ3v) is 7.69. The first-order valence-electron chi connectivity index (χ1n) is 12.5. The van der Waals surface area contributed by atoms with Crippen LogP contribution in [0.2, 0.25) is 0 Å². The lowest BCUT2D eigenvalue weighted by Crippen LogP contribution is -2.57. The van der Waals surface area contributed by atoms with Crippen LogP contribution >= 0.6 is 0 Å². The van der Waals surface area contributed by atoms with Gasteiger partial charge in [0.15, 0.2) is 0 Å². The normalized spacial score (nSPS) is 23.8. The number of urea groups is 1. The molecule has 0 aliphatic carbocycles. The van der Waals surface area contributed by atoms with Gasteiger partial charge in [-0.3, -0.25) is 9.88 Å². The minimum absolute atomic E-state index is 0.0249. The van der Waals surface area contributed by atoms with Gasteiger partial charge >= 0.3 is 18.4 Å². The van der Waals surface area contributed by atoms with Gasteiger partial charge in [0, 0.05) is 29.9 Å². The molecule has 0 saturated carbocycles. The van der Waals surface area contributed by atoms with E-state index in [0.29, 0.717) is 29.5 Å². The van der Waals surface area contributed by atoms with E-state index in [0.717, 1.165) is 36.9 Å². The van der Waals surface area contributed by atoms with Crippen LogP contribution in [0.4, 0.5) is 36.8 Å². The number of anilines is 1. The number of para-hydroxylation sites is 1. The van der Waals surface area contributed by atoms with E-state index in [2.05, 4.69) is 27.1 Å². The molecular weight excluding hydrogens is 522 g/mol. The summed E-state index contributed by atoms with van der Waals surface area (Å²) in [5.74, 6) is 0.667. The average Bonchev–Trinajstić information content (AvgIpc) is 2.90. The van der Waals surface area contributed by atoms with Crippen molar-refractivity contribution in [3.63, 3.8) is 0 Å². The zero-order chi connectivity index (χ0) is 27.9. The van der Waals surface area contributed by atoms with Crippen molar-refractivity contribution < 1.29 is 31.1 Å². The lowest BCUT2D eigenvalue weighted by atomic mass is 9.73. The Balaban J connectivity index is 1.48. The van der Waals surface area contributed by atoms with E-state index in [4.69, 9.17) is 0 Å². The quantitative estimate of drug-likeness (QED) is 0.266. The molecule has 2 amide bonds. The minimum Gasteiger partial charge on any atom is -0.329 e. The molecule has 5 nitrogen and oxygen atoms in total. The van der Waals surface area contributed by atoms with Gasteiger partial charge in [-0.1, -0.05) is 24.3 Å². The van der Waals surface area contributed by atoms with Crippen molar-refractivity contribution in [3.8, 4) is 0 Å². The number of carbonyl (C=O) groups is 1. The molecule has 3 fully saturated rings. The monoisotopic (exact) mass is 548 g/mol. The summed E-state index contributed by atoms with van der Waals surface area (Å²) in [6, 6.07) is 8.53. The van der Waals surface area contributed by atoms with E-state index in [9.17, 15) is 31.1 Å². The highest BCUT2D eigenvalue weighted by Crippen LogP contribution is 2.42. The highest BCUT2D eigenvalue weighted by atomic mass is 19.4. The Labute approximate surface area is 220 Å². The Morgan fingerprint density at radius 1 is 1.05 bits per heavy atom. The largest absolute Gasteiger partial charge is 0.416 e. The Morgan fingerprint density at radius 3 is 2.36 bits per heavy atom. The maximum Gasteiger partial charge on any atom is 0.416 e. The number of rotatable bonds is 5. The summed E-state index contributed by atoms with van der Waals surface area (Å²) in [4.78, 5) is 19.8. The van der Waals surface area contributed by atoms with Crippen LogP contribution in [0.15, 0.2) is 67.4 Å². The van der Waals surface area contributed by atoms with E-state index in [1.54, 1.807) is 12.3 Å². The molecule has 3 aliphatic heterocycles. The highest BCUT2D eigenvalue weighted by Gasteiger charge is 2.43. The van der Waals surface area contributed by atoms with Gasteiger partial charge in [-0.15, -0.1) is 6.58 Å². The van der Waals surface area contributed by atoms with E-state index in [1.165, 1.54) is 0 Å². The summed E-state index contributed by atoms with van der Waals surface area (Å²) < 4.78 is 80.0. The molecule has 5 atom stereocenters. The van der Waals surface area contributed by atoms with Gasteiger partial charge in [-0.2, -0.15) is 26.3 Å². The number of benzene rings is 2. The fourth-order valence-electron chi connectivity index (χ4n) is 5.83. The number of alkyl halides is 6. The topological polar surface area (TPSA) is 57.3 Å². The van der Waals surface area contributed by atoms with Crippen molar-refractivity contribution in [2.75, 3.05) is 18.4 Å². The first-order chi connectivity index (χ1) is 18.4. The van der Waals surface area contributed by atoms with Crippen LogP contribution in [0, 0.1) is 11.8 Å². The number of fused-ring (bicyclic) bond motifs is 4. The molecule has 0 spiro atoms. The lowest BCUT2D eigenvalue weighted by molar-refractivity contribution is -0.143. The highest BCUT2D eigenvalue weighted by molar-refractivity contribution is 5.91. The molecule has 2 aromatic carbocycles. The third-order valence-electron chi connectivity index (χ3n) is 7.69. The van der Waals surface area contributed by atoms with E-state index in [-0.39, 0.29) is 12.1 Å². The molecule has 4 heterocycles. The van der Waals surface area contributed by atoms with Crippen LogP contribution in [0.3, 0.4) is 0 Å². The molecule has 3 aromatic rings. The van der Waals surface area contributed by atoms with Crippen molar-refractivity contribution in [1.82, 2.24) is 15.2 Å². The van der Waals surface area contributed by atoms with Crippen LogP contribution in [0.5, 0.6) is 0 Å². The molecule has 3 aliphatic rings. The fourth-order valence-corrected chi connectivity index (χ4v) is 5.83. The predicted octanol–water partition coefficient (Wildman–Crippen LogP) is 7.03. The van der Waals surface area contributed by atoms with Crippen molar-refractivity contribution in [2.45, 2.75) is 37.3 Å². The van der Waals surface area contributed by atoms with Gasteiger partial charge in [0.1, 0.15) is 0 Å². The van der Waals surface area contributed by atoms with Crippen LogP contribution in [0.1, 0.15) is 35.6 Å². The minimum atomic E-state index is -5.02. The molecule has 1 unspecified atom stereocenters. The smallest absolute Gasteiger partial charge is 0.329 e. The van der Waals surface area contributed by atoms with Crippen molar-refractivity contribution in [3.05, 3.63) is 84.1 Å². The van der Waals surface area contributed by atoms with Crippen LogP contribution in [0.25, 0.3) is 10.9 Å². The summed E-state index contributed by atoms with van der Waals surface area (Å²) in [7, 11) is 0. The Kier molecular flexibility index (Phi) is 7.04. The van der Waals surface area contributed by atoms with Crippen molar-refractivity contribution >= 4 is 22.6 Å². The number of piperidine rings is 3. The molecule has 0 radical (unpaired) electrons. The molecule has 11 heteroatoms. The van der Waals surface area contributed by atoms with Gasteiger partial charge in [-0.05, 0) is 67.1 Å². The molecule has 6 rings (SSSR count). The number of nitrogens with zero attached hydrogens (tertiary/aromatic N) is 2. The molecule has 3 saturated heterocycles. The second kappa shape index (κ2) is 10.2. The molecule has 2 bridgehead atoms. The number of pyridine rings is 1. The van der Waals surface area contributed by atoms with E-state index in [1.807, 2.05) is 30.3 Å². The molecule has 2 N–H and O–H groups in total. The SMILES string of the molecule is C=C[C@H]1CN2CC[C@H]1C[C@H]2[C@@H](NC(=O)Nc1cc(C(F)(F)F)cc(C(F)(F)F)c1)c1ccnc2ccccc12. The van der Waals surface area contributed by atoms with Gasteiger partial charge in [0.25, 0.3) is 0 Å². The maximum absolute atomic E-state index is 13.3. The summed E-state index contributed by atoms with van der Waals surface area (Å²) in [5, 5.41) is 5.89. The number of nitrogens with one attached hydrogen (secondary N) is 2. The molecule has 39 heavy (non-hydrogen) atoms. The predicted molar refractivity (Wildman–Crippen MR) is 135 cm³/mol. The van der Waals surface area contributed by atoms with Gasteiger partial charge in [0.05, 0.1) is 22.7 Å². The standard InChI is InChI=1S/C28H26F6N4O/c1-2-16-15-38-10-8-17(16)11-24(38)25(22-7-9-35-23-6-4-3-5-21(22)23)37-26(39)36-20-13-18(27(29,30)31)12-19(14-20)28(32,33)34/h2-7,9,12-14,16-17,24-25H,1,8,10-11,15H2,(H2,36,37,39)/t16-,17-,24-,25-/m0/s1. The molecule has 1 aromatic heterocycles. The van der Waals surface area contributed by atoms with Gasteiger partial charge in [-0.25, -0.2) is 4.79 Å². The lowest BCUT2D eigenvalue weighted by Gasteiger charge is -2.51. The number of halogens is 6. The number of hydrogen-bond donors (Lipinski definition) is 2. The zero-order valence-electron chi connectivity index (χ0n) is 20.7. The van der Waals surface area contributed by atoms with Crippen LogP contribution < -0.4 is 10.6 Å². The number of amides is 2. The Morgan fingerprint density at radius 2 is 1.74 bits per heavy atom. The number of hydrogen-bond acceptors (Lipinski definition) is 3. The number of aromatic nitrogens is 1. The summed E-state index contributed by atoms with van der Waals surface area (Å²) in [5.41, 5.74) is -2.14. The third kappa shape index (κ3) is 5.59. The Hall–Kier alpha value is -3.60. The zero-order valence-corrected chi connectivity index (χ0v) is 20.7. The van der Waals surface area contributed by atoms with Gasteiger partial charge < -0.3 is 10.6 Å². The van der Waals surface area contributed by atoms with Crippen molar-refractivity contribution in [1.29, 1.82) is 0 Å². The summed E-state index contributed by atoms with van der Waals surface area (Å²) in [6.07, 6.45) is -4.76. The van der Waals surface area contributed by atoms with Gasteiger partial charge in [0.2, 0.25) is 0 Å². The number of carbonyl (C=O) groups excluding carboxylic acids is 1. The van der Waals surface area contributed by atoms with Crippen molar-refractivity contribution in [2.24, 2.45) is 11.8 Å². The fraction of sp³-hybridized carbons (Fsp3) is 0.357. The molecular formula is C28H26F6N4O. The van der Waals surface area contributed by atoms with E-state index < -0.39 is 41.2 Å². The molecule has 206 valence electrons. The Bertz CT molecular complexity index is 1350. The second-order valence-electron chi connectivity index (χ2n) is 10.0. The second-order valence-corrected chi connectivity index (χ2v) is 10.0. The first-order valence-corrected chi connectivity index (χ1v) is 12.5. The first kappa shape index (κ1) is 27.0. The summed E-state index contributed by atoms with van der Waals surface area (Å²) >= 11 is 0. The maximum atomic E-state index is 13.3. The average molecular weight is 549 g/mol. The summed E-state index contributed by atoms with van der Waals surface area (Å²) in [6.45, 7) is 5.51. The van der Waals surface area contributed by atoms with Crippen LogP contribution in [-0.2, 0) is 12.4 Å². The van der Waals surface area contributed by atoms with Crippen LogP contribution in [-0.4, -0.2) is 35.0 Å². The van der Waals surface area contributed by atoms with E-state index >= 15 is 0 Å².